The molecule has 0 amide bonds. The molecule has 58 valence electrons. The molecule has 0 saturated carbocycles. The fourth-order valence-corrected chi connectivity index (χ4v) is 0.594. The third-order valence-electron chi connectivity index (χ3n) is 1.04. The molecule has 0 bridgehead atoms. The number of nitriles is 1. The lowest BCUT2D eigenvalue weighted by Crippen LogP contribution is -2.03. The molecule has 1 aromatic rings. The maximum Gasteiger partial charge on any atom is 0.334 e. The summed E-state index contributed by atoms with van der Waals surface area (Å²) in [7, 11) is 0. The van der Waals surface area contributed by atoms with Gasteiger partial charge in [-0.25, -0.2) is 4.39 Å². The van der Waals surface area contributed by atoms with Gasteiger partial charge in [0, 0.05) is 0 Å². The van der Waals surface area contributed by atoms with E-state index in [2.05, 4.69) is 5.10 Å². The molecule has 0 aliphatic rings. The van der Waals surface area contributed by atoms with E-state index in [1.165, 1.54) is 6.07 Å². The minimum Gasteiger partial charge on any atom is -0.202 e. The molecule has 1 heterocycles. The predicted molar refractivity (Wildman–Crippen MR) is 28.2 cm³/mol. The van der Waals surface area contributed by atoms with Gasteiger partial charge in [0.1, 0.15) is 6.07 Å². The number of hydrogen-bond donors (Lipinski definition) is 0. The summed E-state index contributed by atoms with van der Waals surface area (Å²) in [5.41, 5.74) is -0.750. The van der Waals surface area contributed by atoms with Crippen LogP contribution in [0.2, 0.25) is 0 Å². The van der Waals surface area contributed by atoms with Gasteiger partial charge < -0.3 is 0 Å². The highest BCUT2D eigenvalue weighted by atomic mass is 19.3. The van der Waals surface area contributed by atoms with E-state index in [1.807, 2.05) is 0 Å². The molecule has 0 unspecified atom stereocenters. The van der Waals surface area contributed by atoms with Crippen LogP contribution in [0.25, 0.3) is 0 Å². The molecule has 1 aromatic heterocycles. The third kappa shape index (κ3) is 1.17. The van der Waals surface area contributed by atoms with Gasteiger partial charge >= 0.3 is 6.55 Å². The second-order valence-electron chi connectivity index (χ2n) is 1.68. The quantitative estimate of drug-likeness (QED) is 0.622. The van der Waals surface area contributed by atoms with Crippen molar-refractivity contribution in [2.45, 2.75) is 6.55 Å². The summed E-state index contributed by atoms with van der Waals surface area (Å²) in [5.74, 6) is -1.03. The van der Waals surface area contributed by atoms with Crippen molar-refractivity contribution in [3.05, 3.63) is 17.7 Å². The Morgan fingerprint density at radius 3 is 2.64 bits per heavy atom. The first kappa shape index (κ1) is 7.60. The Morgan fingerprint density at radius 2 is 2.27 bits per heavy atom. The minimum atomic E-state index is -2.98. The summed E-state index contributed by atoms with van der Waals surface area (Å²) in [6.07, 6.45) is 0.574. The first-order chi connectivity index (χ1) is 5.16. The Morgan fingerprint density at radius 1 is 1.64 bits per heavy atom. The molecular weight excluding hydrogens is 159 g/mol. The van der Waals surface area contributed by atoms with Crippen molar-refractivity contribution in [2.75, 3.05) is 0 Å². The average Bonchev–Trinajstić information content (AvgIpc) is 2.30. The topological polar surface area (TPSA) is 41.6 Å². The van der Waals surface area contributed by atoms with Crippen LogP contribution in [0.1, 0.15) is 12.2 Å². The summed E-state index contributed by atoms with van der Waals surface area (Å²) in [4.78, 5) is 0. The van der Waals surface area contributed by atoms with Crippen molar-refractivity contribution >= 4 is 0 Å². The molecular formula is C5H2F3N3. The first-order valence-electron chi connectivity index (χ1n) is 2.58. The predicted octanol–water partition coefficient (Wildman–Crippen LogP) is 1.29. The van der Waals surface area contributed by atoms with Crippen molar-refractivity contribution in [2.24, 2.45) is 0 Å². The summed E-state index contributed by atoms with van der Waals surface area (Å²) < 4.78 is 36.0. The highest BCUT2D eigenvalue weighted by molar-refractivity contribution is 5.20. The zero-order valence-electron chi connectivity index (χ0n) is 5.13. The van der Waals surface area contributed by atoms with Gasteiger partial charge in [-0.2, -0.15) is 23.8 Å². The number of halogens is 3. The molecule has 3 nitrogen and oxygen atoms in total. The van der Waals surface area contributed by atoms with Gasteiger partial charge in [-0.3, -0.25) is 0 Å². The first-order valence-corrected chi connectivity index (χ1v) is 2.58. The van der Waals surface area contributed by atoms with E-state index < -0.39 is 18.1 Å². The van der Waals surface area contributed by atoms with E-state index in [0.717, 1.165) is 0 Å². The van der Waals surface area contributed by atoms with Gasteiger partial charge in [0.05, 0.1) is 6.20 Å². The molecule has 0 aromatic carbocycles. The molecule has 0 atom stereocenters. The van der Waals surface area contributed by atoms with Crippen LogP contribution in [0.4, 0.5) is 13.2 Å². The van der Waals surface area contributed by atoms with E-state index in [-0.39, 0.29) is 4.68 Å². The van der Waals surface area contributed by atoms with Crippen LogP contribution < -0.4 is 0 Å². The zero-order chi connectivity index (χ0) is 8.43. The van der Waals surface area contributed by atoms with Gasteiger partial charge in [0.2, 0.25) is 0 Å². The van der Waals surface area contributed by atoms with E-state index in [1.54, 1.807) is 0 Å². The molecule has 0 radical (unpaired) electrons. The number of alkyl halides is 2. The van der Waals surface area contributed by atoms with Crippen molar-refractivity contribution < 1.29 is 13.2 Å². The molecule has 0 N–H and O–H groups in total. The van der Waals surface area contributed by atoms with Gasteiger partial charge in [0.15, 0.2) is 11.5 Å². The van der Waals surface area contributed by atoms with Crippen LogP contribution in [0.3, 0.4) is 0 Å². The molecule has 0 aliphatic carbocycles. The Labute approximate surface area is 59.7 Å². The van der Waals surface area contributed by atoms with Crippen LogP contribution in [-0.4, -0.2) is 9.78 Å². The van der Waals surface area contributed by atoms with Gasteiger partial charge in [-0.05, 0) is 0 Å². The normalized spacial score (nSPS) is 10.1. The van der Waals surface area contributed by atoms with E-state index >= 15 is 0 Å². The number of hydrogen-bond acceptors (Lipinski definition) is 2. The van der Waals surface area contributed by atoms with Crippen LogP contribution in [0, 0.1) is 17.1 Å². The standard InChI is InChI=1S/C5H2F3N3/c6-3-2-10-11(5(7)8)4(3)1-9/h2,5H. The summed E-state index contributed by atoms with van der Waals surface area (Å²) >= 11 is 0. The van der Waals surface area contributed by atoms with Gasteiger partial charge in [0.25, 0.3) is 0 Å². The fraction of sp³-hybridized carbons (Fsp3) is 0.200. The monoisotopic (exact) mass is 161 g/mol. The third-order valence-corrected chi connectivity index (χ3v) is 1.04. The number of aromatic nitrogens is 2. The van der Waals surface area contributed by atoms with Crippen molar-refractivity contribution in [3.63, 3.8) is 0 Å². The molecule has 0 fully saturated rings. The Kier molecular flexibility index (Phi) is 1.81. The van der Waals surface area contributed by atoms with Crippen LogP contribution in [-0.2, 0) is 0 Å². The van der Waals surface area contributed by atoms with Crippen molar-refractivity contribution in [1.29, 1.82) is 5.26 Å². The van der Waals surface area contributed by atoms with Crippen molar-refractivity contribution in [1.82, 2.24) is 9.78 Å². The highest BCUT2D eigenvalue weighted by Gasteiger charge is 2.16. The second kappa shape index (κ2) is 2.62. The molecule has 0 aliphatic heterocycles. The Bertz CT molecular complexity index is 298. The lowest BCUT2D eigenvalue weighted by Gasteiger charge is -1.97. The van der Waals surface area contributed by atoms with Crippen molar-refractivity contribution in [3.8, 4) is 6.07 Å². The largest absolute Gasteiger partial charge is 0.334 e. The highest BCUT2D eigenvalue weighted by Crippen LogP contribution is 2.13. The molecule has 11 heavy (non-hydrogen) atoms. The number of nitrogens with zero attached hydrogens (tertiary/aromatic N) is 3. The SMILES string of the molecule is N#Cc1c(F)cnn1C(F)F. The van der Waals surface area contributed by atoms with Gasteiger partial charge in [-0.1, -0.05) is 0 Å². The minimum absolute atomic E-state index is 0.0231. The molecule has 0 saturated heterocycles. The Hall–Kier alpha value is -1.51. The van der Waals surface area contributed by atoms with E-state index in [9.17, 15) is 13.2 Å². The van der Waals surface area contributed by atoms with Crippen LogP contribution >= 0.6 is 0 Å². The lowest BCUT2D eigenvalue weighted by atomic mass is 10.4. The molecule has 0 spiro atoms. The fourth-order valence-electron chi connectivity index (χ4n) is 0.594. The number of rotatable bonds is 1. The average molecular weight is 161 g/mol. The van der Waals surface area contributed by atoms with Crippen LogP contribution in [0.5, 0.6) is 0 Å². The smallest absolute Gasteiger partial charge is 0.202 e. The van der Waals surface area contributed by atoms with E-state index in [4.69, 9.17) is 5.26 Å². The molecule has 6 heteroatoms. The second-order valence-corrected chi connectivity index (χ2v) is 1.68. The maximum atomic E-state index is 12.3. The lowest BCUT2D eigenvalue weighted by molar-refractivity contribution is 0.0553. The van der Waals surface area contributed by atoms with E-state index in [0.29, 0.717) is 6.20 Å². The summed E-state index contributed by atoms with van der Waals surface area (Å²) in [6.45, 7) is -2.98. The maximum absolute atomic E-state index is 12.3. The van der Waals surface area contributed by atoms with Gasteiger partial charge in [-0.15, -0.1) is 0 Å². The summed E-state index contributed by atoms with van der Waals surface area (Å²) in [6, 6.07) is 1.27. The summed E-state index contributed by atoms with van der Waals surface area (Å²) in [5, 5.41) is 11.1. The zero-order valence-corrected chi connectivity index (χ0v) is 5.13. The van der Waals surface area contributed by atoms with Crippen LogP contribution in [0.15, 0.2) is 6.20 Å². The molecule has 1 rings (SSSR count). The Balaban J connectivity index is 3.19.